The molecule has 1 aliphatic carbocycles. The van der Waals surface area contributed by atoms with Gasteiger partial charge in [-0.3, -0.25) is 4.99 Å². The van der Waals surface area contributed by atoms with Crippen LogP contribution in [0.25, 0.3) is 0 Å². The molecule has 0 saturated heterocycles. The first-order valence-corrected chi connectivity index (χ1v) is 5.12. The molecule has 1 atom stereocenters. The van der Waals surface area contributed by atoms with Crippen molar-refractivity contribution in [3.05, 3.63) is 0 Å². The molecule has 0 bridgehead atoms. The summed E-state index contributed by atoms with van der Waals surface area (Å²) in [5.41, 5.74) is 1.80. The van der Waals surface area contributed by atoms with Gasteiger partial charge in [0, 0.05) is 17.7 Å². The quantitative estimate of drug-likeness (QED) is 0.568. The average Bonchev–Trinajstić information content (AvgIpc) is 2.00. The summed E-state index contributed by atoms with van der Waals surface area (Å²) in [6.45, 7) is 10.1. The largest absolute Gasteiger partial charge is 0.294 e. The molecule has 0 amide bonds. The summed E-state index contributed by atoms with van der Waals surface area (Å²) >= 11 is 0. The number of rotatable bonds is 1. The highest BCUT2D eigenvalue weighted by molar-refractivity contribution is 5.90. The molecular formula is C11H21N. The first kappa shape index (κ1) is 9.76. The van der Waals surface area contributed by atoms with Crippen LogP contribution in [0.5, 0.6) is 0 Å². The zero-order valence-corrected chi connectivity index (χ0v) is 8.85. The lowest BCUT2D eigenvalue weighted by Gasteiger charge is -2.37. The highest BCUT2D eigenvalue weighted by Crippen LogP contribution is 2.38. The molecular weight excluding hydrogens is 146 g/mol. The maximum atomic E-state index is 4.60. The molecule has 0 aliphatic heterocycles. The van der Waals surface area contributed by atoms with E-state index in [1.807, 2.05) is 0 Å². The molecule has 0 aromatic rings. The fraction of sp³-hybridized carbons (Fsp3) is 0.909. The van der Waals surface area contributed by atoms with Crippen LogP contribution in [-0.4, -0.2) is 12.3 Å². The van der Waals surface area contributed by atoms with Gasteiger partial charge in [-0.2, -0.15) is 0 Å². The van der Waals surface area contributed by atoms with Gasteiger partial charge < -0.3 is 0 Å². The van der Waals surface area contributed by atoms with Crippen LogP contribution < -0.4 is 0 Å². The maximum Gasteiger partial charge on any atom is 0.0360 e. The summed E-state index contributed by atoms with van der Waals surface area (Å²) in [6, 6.07) is 0. The first-order valence-electron chi connectivity index (χ1n) is 5.12. The lowest BCUT2D eigenvalue weighted by atomic mass is 9.68. The van der Waals surface area contributed by atoms with E-state index in [1.165, 1.54) is 25.0 Å². The van der Waals surface area contributed by atoms with Crippen LogP contribution in [0, 0.1) is 11.3 Å². The van der Waals surface area contributed by atoms with Crippen molar-refractivity contribution in [2.45, 2.75) is 47.0 Å². The van der Waals surface area contributed by atoms with Gasteiger partial charge in [-0.25, -0.2) is 0 Å². The summed E-state index contributed by atoms with van der Waals surface area (Å²) < 4.78 is 0. The van der Waals surface area contributed by atoms with Crippen molar-refractivity contribution in [3.63, 3.8) is 0 Å². The molecule has 1 aliphatic rings. The molecule has 1 nitrogen and oxygen atoms in total. The van der Waals surface area contributed by atoms with Crippen molar-refractivity contribution in [1.82, 2.24) is 0 Å². The van der Waals surface area contributed by atoms with Crippen LogP contribution in [0.15, 0.2) is 4.99 Å². The van der Waals surface area contributed by atoms with E-state index < -0.39 is 0 Å². The number of aliphatic imine (C=N–C) groups is 1. The summed E-state index contributed by atoms with van der Waals surface area (Å²) in [7, 11) is 0. The van der Waals surface area contributed by atoms with Crippen molar-refractivity contribution < 1.29 is 0 Å². The second kappa shape index (κ2) is 3.59. The molecule has 1 saturated carbocycles. The topological polar surface area (TPSA) is 12.4 Å². The van der Waals surface area contributed by atoms with E-state index in [-0.39, 0.29) is 0 Å². The van der Waals surface area contributed by atoms with E-state index in [1.54, 1.807) is 0 Å². The van der Waals surface area contributed by atoms with E-state index in [0.717, 1.165) is 12.5 Å². The van der Waals surface area contributed by atoms with Crippen LogP contribution >= 0.6 is 0 Å². The van der Waals surface area contributed by atoms with Gasteiger partial charge in [0.05, 0.1) is 0 Å². The van der Waals surface area contributed by atoms with Crippen LogP contribution in [0.1, 0.15) is 47.0 Å². The maximum absolute atomic E-state index is 4.60. The SMILES string of the molecule is CCN=C1CCCC(C)C1(C)C. The highest BCUT2D eigenvalue weighted by atomic mass is 14.7. The van der Waals surface area contributed by atoms with Crippen molar-refractivity contribution in [1.29, 1.82) is 0 Å². The Hall–Kier alpha value is -0.330. The van der Waals surface area contributed by atoms with Gasteiger partial charge in [0.1, 0.15) is 0 Å². The molecule has 0 heterocycles. The normalized spacial score (nSPS) is 32.3. The van der Waals surface area contributed by atoms with Crippen molar-refractivity contribution in [3.8, 4) is 0 Å². The Morgan fingerprint density at radius 1 is 1.50 bits per heavy atom. The first-order chi connectivity index (χ1) is 5.59. The number of hydrogen-bond donors (Lipinski definition) is 0. The van der Waals surface area contributed by atoms with Crippen molar-refractivity contribution >= 4 is 5.71 Å². The highest BCUT2D eigenvalue weighted by Gasteiger charge is 2.33. The summed E-state index contributed by atoms with van der Waals surface area (Å²) in [5.74, 6) is 0.802. The van der Waals surface area contributed by atoms with Gasteiger partial charge in [-0.1, -0.05) is 20.8 Å². The Bertz CT molecular complexity index is 179. The van der Waals surface area contributed by atoms with E-state index >= 15 is 0 Å². The van der Waals surface area contributed by atoms with E-state index in [4.69, 9.17) is 0 Å². The van der Waals surface area contributed by atoms with Crippen LogP contribution in [0.3, 0.4) is 0 Å². The lowest BCUT2D eigenvalue weighted by molar-refractivity contribution is 0.282. The second-order valence-electron chi connectivity index (χ2n) is 4.44. The van der Waals surface area contributed by atoms with Gasteiger partial charge >= 0.3 is 0 Å². The van der Waals surface area contributed by atoms with Crippen LogP contribution in [0.2, 0.25) is 0 Å². The molecule has 1 rings (SSSR count). The number of nitrogens with zero attached hydrogens (tertiary/aromatic N) is 1. The standard InChI is InChI=1S/C11H21N/c1-5-12-10-8-6-7-9(2)11(10,3)4/h9H,5-8H2,1-4H3. The van der Waals surface area contributed by atoms with E-state index in [9.17, 15) is 0 Å². The van der Waals surface area contributed by atoms with Crippen molar-refractivity contribution in [2.75, 3.05) is 6.54 Å². The lowest BCUT2D eigenvalue weighted by Crippen LogP contribution is -2.35. The predicted molar refractivity (Wildman–Crippen MR) is 54.8 cm³/mol. The summed E-state index contributed by atoms with van der Waals surface area (Å²) in [5, 5.41) is 0. The molecule has 0 spiro atoms. The Balaban J connectivity index is 2.79. The molecule has 1 fully saturated rings. The average molecular weight is 167 g/mol. The van der Waals surface area contributed by atoms with Crippen LogP contribution in [0.4, 0.5) is 0 Å². The molecule has 1 unspecified atom stereocenters. The van der Waals surface area contributed by atoms with Gasteiger partial charge in [0.15, 0.2) is 0 Å². The third-order valence-corrected chi connectivity index (χ3v) is 3.38. The Morgan fingerprint density at radius 3 is 2.75 bits per heavy atom. The van der Waals surface area contributed by atoms with Gasteiger partial charge in [-0.05, 0) is 32.1 Å². The molecule has 0 aromatic carbocycles. The molecule has 0 radical (unpaired) electrons. The third-order valence-electron chi connectivity index (χ3n) is 3.38. The minimum Gasteiger partial charge on any atom is -0.294 e. The zero-order valence-electron chi connectivity index (χ0n) is 8.85. The van der Waals surface area contributed by atoms with Crippen LogP contribution in [-0.2, 0) is 0 Å². The van der Waals surface area contributed by atoms with Gasteiger partial charge in [0.25, 0.3) is 0 Å². The molecule has 0 aromatic heterocycles. The van der Waals surface area contributed by atoms with Gasteiger partial charge in [0.2, 0.25) is 0 Å². The Kier molecular flexibility index (Phi) is 2.92. The van der Waals surface area contributed by atoms with Gasteiger partial charge in [-0.15, -0.1) is 0 Å². The smallest absolute Gasteiger partial charge is 0.0360 e. The van der Waals surface area contributed by atoms with Crippen molar-refractivity contribution in [2.24, 2.45) is 16.3 Å². The third kappa shape index (κ3) is 1.70. The molecule has 1 heteroatoms. The number of hydrogen-bond acceptors (Lipinski definition) is 1. The fourth-order valence-corrected chi connectivity index (χ4v) is 2.02. The summed E-state index contributed by atoms with van der Waals surface area (Å²) in [4.78, 5) is 4.60. The van der Waals surface area contributed by atoms with E-state index in [2.05, 4.69) is 32.7 Å². The predicted octanol–water partition coefficient (Wildman–Crippen LogP) is 3.29. The summed E-state index contributed by atoms with van der Waals surface area (Å²) in [6.07, 6.45) is 3.93. The minimum atomic E-state index is 0.355. The zero-order chi connectivity index (χ0) is 9.19. The minimum absolute atomic E-state index is 0.355. The second-order valence-corrected chi connectivity index (χ2v) is 4.44. The fourth-order valence-electron chi connectivity index (χ4n) is 2.02. The van der Waals surface area contributed by atoms with E-state index in [0.29, 0.717) is 5.41 Å². The Labute approximate surface area is 76.3 Å². The molecule has 12 heavy (non-hydrogen) atoms. The monoisotopic (exact) mass is 167 g/mol. The molecule has 0 N–H and O–H groups in total. The Morgan fingerprint density at radius 2 is 2.17 bits per heavy atom. The molecule has 70 valence electrons.